The third kappa shape index (κ3) is 8.79. The lowest BCUT2D eigenvalue weighted by atomic mass is 9.80. The first-order chi connectivity index (χ1) is 27.6. The Morgan fingerprint density at radius 1 is 0.982 bits per heavy atom. The summed E-state index contributed by atoms with van der Waals surface area (Å²) in [6.45, 7) is 2.81. The summed E-state index contributed by atoms with van der Waals surface area (Å²) in [7, 11) is -4.53. The summed E-state index contributed by atoms with van der Waals surface area (Å²) in [5.74, 6) is 0.115. The molecule has 2 aliphatic heterocycles. The number of sulfonamides is 1. The van der Waals surface area contributed by atoms with E-state index in [9.17, 15) is 23.3 Å². The molecule has 1 aliphatic carbocycles. The number of nitro benzene ring substituents is 1. The number of aromatic nitrogens is 2. The maximum Gasteiger partial charge on any atom is 0.293 e. The lowest BCUT2D eigenvalue weighted by Crippen LogP contribution is -2.37. The zero-order chi connectivity index (χ0) is 39.5. The third-order valence-corrected chi connectivity index (χ3v) is 13.2. The van der Waals surface area contributed by atoms with E-state index in [0.717, 1.165) is 80.0 Å². The fraction of sp³-hybridized carbons (Fsp3) is 0.381. The SMILES string of the molecule is O=C(NS(=O)(=O)c1ccc(NCC2CCOCC2)c([N+](=O)[O-])c1)c1ccc(C2CCC(N3CCCC3c3cccc(Cl)c3)CC2)cc1Oc1cnc2[nH]ccc2c1. The van der Waals surface area contributed by atoms with Gasteiger partial charge in [0.25, 0.3) is 21.6 Å². The van der Waals surface area contributed by atoms with E-state index in [1.54, 1.807) is 18.3 Å². The minimum Gasteiger partial charge on any atom is -0.455 e. The molecule has 1 atom stereocenters. The second kappa shape index (κ2) is 16.8. The van der Waals surface area contributed by atoms with Gasteiger partial charge in [-0.2, -0.15) is 0 Å². The Balaban J connectivity index is 1.01. The highest BCUT2D eigenvalue weighted by molar-refractivity contribution is 7.90. The van der Waals surface area contributed by atoms with Crippen molar-refractivity contribution < 1.29 is 27.6 Å². The first kappa shape index (κ1) is 38.8. The van der Waals surface area contributed by atoms with Crippen LogP contribution in [0.25, 0.3) is 11.0 Å². The number of anilines is 1. The Bertz CT molecular complexity index is 2380. The van der Waals surface area contributed by atoms with Crippen molar-refractivity contribution in [3.63, 3.8) is 0 Å². The quantitative estimate of drug-likeness (QED) is 0.0818. The molecule has 0 spiro atoms. The van der Waals surface area contributed by atoms with Crippen molar-refractivity contribution in [3.05, 3.63) is 117 Å². The van der Waals surface area contributed by atoms with Crippen molar-refractivity contribution in [2.75, 3.05) is 31.6 Å². The Kier molecular flexibility index (Phi) is 11.5. The largest absolute Gasteiger partial charge is 0.455 e. The van der Waals surface area contributed by atoms with Gasteiger partial charge in [0.05, 0.1) is 21.6 Å². The van der Waals surface area contributed by atoms with E-state index in [1.165, 1.54) is 23.9 Å². The number of likely N-dealkylation sites (tertiary alicyclic amines) is 1. The minimum absolute atomic E-state index is 0.00384. The fourth-order valence-electron chi connectivity index (χ4n) is 8.63. The van der Waals surface area contributed by atoms with Crippen LogP contribution in [0.3, 0.4) is 0 Å². The predicted octanol–water partition coefficient (Wildman–Crippen LogP) is 8.74. The molecule has 0 radical (unpaired) electrons. The number of rotatable bonds is 12. The molecule has 298 valence electrons. The molecule has 57 heavy (non-hydrogen) atoms. The van der Waals surface area contributed by atoms with Crippen LogP contribution in [0.15, 0.2) is 90.1 Å². The Labute approximate surface area is 336 Å². The van der Waals surface area contributed by atoms with Gasteiger partial charge in [-0.15, -0.1) is 0 Å². The number of H-pyrrole nitrogens is 1. The van der Waals surface area contributed by atoms with E-state index in [4.69, 9.17) is 21.1 Å². The number of carbonyl (C=O) groups is 1. The summed E-state index contributed by atoms with van der Waals surface area (Å²) < 4.78 is 41.1. The summed E-state index contributed by atoms with van der Waals surface area (Å²) in [5.41, 5.74) is 2.72. The van der Waals surface area contributed by atoms with Gasteiger partial charge >= 0.3 is 0 Å². The molecular weight excluding hydrogens is 768 g/mol. The number of carbonyl (C=O) groups excluding carboxylic acids is 1. The van der Waals surface area contributed by atoms with E-state index in [2.05, 4.69) is 37.0 Å². The molecule has 0 bridgehead atoms. The molecule has 3 fully saturated rings. The number of amides is 1. The number of ether oxygens (including phenoxy) is 2. The summed E-state index contributed by atoms with van der Waals surface area (Å²) in [5, 5.41) is 16.7. The molecule has 1 amide bonds. The summed E-state index contributed by atoms with van der Waals surface area (Å²) >= 11 is 6.35. The number of benzene rings is 3. The van der Waals surface area contributed by atoms with Crippen LogP contribution in [0.1, 0.15) is 84.8 Å². The van der Waals surface area contributed by atoms with Crippen LogP contribution in [0.4, 0.5) is 11.4 Å². The molecule has 3 aliphatic rings. The number of hydrogen-bond acceptors (Lipinski definition) is 10. The van der Waals surface area contributed by atoms with Crippen LogP contribution >= 0.6 is 11.6 Å². The number of halogens is 1. The molecule has 3 aromatic carbocycles. The molecule has 4 heterocycles. The predicted molar refractivity (Wildman–Crippen MR) is 218 cm³/mol. The molecule has 15 heteroatoms. The van der Waals surface area contributed by atoms with Gasteiger partial charge in [-0.05, 0) is 129 Å². The Hall–Kier alpha value is -5.02. The van der Waals surface area contributed by atoms with E-state index < -0.39 is 31.4 Å². The van der Waals surface area contributed by atoms with Crippen LogP contribution < -0.4 is 14.8 Å². The van der Waals surface area contributed by atoms with E-state index in [0.29, 0.717) is 43.2 Å². The molecular formula is C42H45ClN6O7S. The maximum absolute atomic E-state index is 13.9. The fourth-order valence-corrected chi connectivity index (χ4v) is 9.81. The van der Waals surface area contributed by atoms with Crippen molar-refractivity contribution in [1.29, 1.82) is 0 Å². The summed E-state index contributed by atoms with van der Waals surface area (Å²) in [6.07, 6.45) is 11.1. The van der Waals surface area contributed by atoms with Crippen LogP contribution in [0, 0.1) is 16.0 Å². The first-order valence-electron chi connectivity index (χ1n) is 19.5. The standard InChI is InChI=1S/C42H45ClN6O7S/c43-32-4-1-3-30(21-32)38-5-2-18-48(38)33-9-6-28(7-10-33)29-8-12-36(40(23-29)56-34-22-31-14-17-44-41(31)46-26-34)42(50)47-57(53,54)35-11-13-37(39(24-35)49(51)52)45-25-27-15-19-55-20-16-27/h1,3-4,8,11-14,17,21-24,26-28,33,38,45H,2,5-7,9-10,15-16,18-20,25H2,(H,44,46)(H,47,50). The lowest BCUT2D eigenvalue weighted by molar-refractivity contribution is -0.384. The van der Waals surface area contributed by atoms with Crippen molar-refractivity contribution in [1.82, 2.24) is 19.6 Å². The summed E-state index contributed by atoms with van der Waals surface area (Å²) in [4.78, 5) is 35.0. The zero-order valence-corrected chi connectivity index (χ0v) is 32.9. The van der Waals surface area contributed by atoms with Crippen molar-refractivity contribution in [3.8, 4) is 11.5 Å². The minimum atomic E-state index is -4.53. The number of nitro groups is 1. The molecule has 8 rings (SSSR count). The van der Waals surface area contributed by atoms with E-state index in [1.807, 2.05) is 30.3 Å². The van der Waals surface area contributed by atoms with E-state index in [-0.39, 0.29) is 28.8 Å². The maximum atomic E-state index is 13.9. The average Bonchev–Trinajstić information content (AvgIpc) is 3.91. The van der Waals surface area contributed by atoms with Crippen LogP contribution in [0.5, 0.6) is 11.5 Å². The Morgan fingerprint density at radius 3 is 2.60 bits per heavy atom. The smallest absolute Gasteiger partial charge is 0.293 e. The molecule has 2 saturated heterocycles. The van der Waals surface area contributed by atoms with Crippen molar-refractivity contribution >= 4 is 49.9 Å². The lowest BCUT2D eigenvalue weighted by Gasteiger charge is -2.38. The van der Waals surface area contributed by atoms with Crippen molar-refractivity contribution in [2.24, 2.45) is 5.92 Å². The van der Waals surface area contributed by atoms with Gasteiger partial charge in [0.15, 0.2) is 0 Å². The molecule has 1 saturated carbocycles. The second-order valence-electron chi connectivity index (χ2n) is 15.2. The van der Waals surface area contributed by atoms with E-state index >= 15 is 0 Å². The second-order valence-corrected chi connectivity index (χ2v) is 17.3. The van der Waals surface area contributed by atoms with Gasteiger partial charge < -0.3 is 19.8 Å². The van der Waals surface area contributed by atoms with Gasteiger partial charge in [-0.25, -0.2) is 18.1 Å². The average molecular weight is 813 g/mol. The highest BCUT2D eigenvalue weighted by atomic mass is 35.5. The third-order valence-electron chi connectivity index (χ3n) is 11.6. The Morgan fingerprint density at radius 2 is 1.81 bits per heavy atom. The molecule has 3 N–H and O–H groups in total. The van der Waals surface area contributed by atoms with Gasteiger partial charge in [0.1, 0.15) is 22.8 Å². The molecule has 1 unspecified atom stereocenters. The van der Waals surface area contributed by atoms with Gasteiger partial charge in [-0.3, -0.25) is 19.8 Å². The first-order valence-corrected chi connectivity index (χ1v) is 21.4. The molecule has 2 aromatic heterocycles. The van der Waals surface area contributed by atoms with Crippen molar-refractivity contribution in [2.45, 2.75) is 74.3 Å². The normalized spacial score (nSPS) is 20.7. The molecule has 13 nitrogen and oxygen atoms in total. The topological polar surface area (TPSA) is 169 Å². The highest BCUT2D eigenvalue weighted by Gasteiger charge is 2.35. The zero-order valence-electron chi connectivity index (χ0n) is 31.4. The van der Waals surface area contributed by atoms with Gasteiger partial charge in [0, 0.05) is 54.5 Å². The number of fused-ring (bicyclic) bond motifs is 1. The van der Waals surface area contributed by atoms with Crippen LogP contribution in [-0.4, -0.2) is 66.5 Å². The number of nitrogens with zero attached hydrogens (tertiary/aromatic N) is 3. The van der Waals surface area contributed by atoms with Crippen LogP contribution in [-0.2, 0) is 14.8 Å². The van der Waals surface area contributed by atoms with Crippen LogP contribution in [0.2, 0.25) is 5.02 Å². The summed E-state index contributed by atoms with van der Waals surface area (Å²) in [6, 6.07) is 21.5. The highest BCUT2D eigenvalue weighted by Crippen LogP contribution is 2.43. The van der Waals surface area contributed by atoms with Gasteiger partial charge in [0.2, 0.25) is 0 Å². The number of nitrogens with one attached hydrogen (secondary N) is 3. The number of pyridine rings is 1. The number of aromatic amines is 1. The molecule has 5 aromatic rings. The van der Waals surface area contributed by atoms with Gasteiger partial charge in [-0.1, -0.05) is 29.8 Å². The monoisotopic (exact) mass is 812 g/mol. The number of hydrogen-bond donors (Lipinski definition) is 3.